The van der Waals surface area contributed by atoms with Crippen molar-refractivity contribution in [2.45, 2.75) is 26.1 Å². The second-order valence-corrected chi connectivity index (χ2v) is 7.67. The predicted octanol–water partition coefficient (Wildman–Crippen LogP) is -0.551. The summed E-state index contributed by atoms with van der Waals surface area (Å²) in [6, 6.07) is 6.13. The van der Waals surface area contributed by atoms with Crippen LogP contribution in [0.2, 0.25) is 0 Å². The molecule has 3 amide bonds. The first-order chi connectivity index (χ1) is 18.2. The van der Waals surface area contributed by atoms with Gasteiger partial charge in [0.05, 0.1) is 29.9 Å². The molecular weight excluding hydrogens is 498 g/mol. The molecule has 2 atom stereocenters. The van der Waals surface area contributed by atoms with Crippen molar-refractivity contribution in [2.75, 3.05) is 29.1 Å². The van der Waals surface area contributed by atoms with Crippen LogP contribution < -0.4 is 33.2 Å². The lowest BCUT2D eigenvalue weighted by Crippen LogP contribution is -2.55. The topological polar surface area (TPSA) is 244 Å². The highest BCUT2D eigenvalue weighted by molar-refractivity contribution is 6.04. The Kier molecular flexibility index (Phi) is 8.67. The van der Waals surface area contributed by atoms with Gasteiger partial charge in [0.1, 0.15) is 0 Å². The fourth-order valence-corrected chi connectivity index (χ4v) is 3.47. The monoisotopic (exact) mass is 527 g/mol. The van der Waals surface area contributed by atoms with Crippen molar-refractivity contribution in [3.63, 3.8) is 0 Å². The van der Waals surface area contributed by atoms with E-state index in [0.717, 1.165) is 6.20 Å². The summed E-state index contributed by atoms with van der Waals surface area (Å²) in [7, 11) is 0. The second-order valence-electron chi connectivity index (χ2n) is 7.67. The van der Waals surface area contributed by atoms with Gasteiger partial charge in [-0.25, -0.2) is 4.68 Å². The highest BCUT2D eigenvalue weighted by Gasteiger charge is 2.40. The van der Waals surface area contributed by atoms with Gasteiger partial charge in [-0.3, -0.25) is 19.3 Å². The molecule has 38 heavy (non-hydrogen) atoms. The molecule has 4 rings (SSSR count). The van der Waals surface area contributed by atoms with Crippen LogP contribution in [0.15, 0.2) is 53.0 Å². The van der Waals surface area contributed by atoms with E-state index in [2.05, 4.69) is 15.6 Å². The molecule has 3 heterocycles. The normalized spacial score (nSPS) is 17.1. The highest BCUT2D eigenvalue weighted by atomic mass is 16.5. The van der Waals surface area contributed by atoms with Gasteiger partial charge in [-0.1, -0.05) is 19.0 Å². The van der Waals surface area contributed by atoms with E-state index in [-0.39, 0.29) is 36.2 Å². The summed E-state index contributed by atoms with van der Waals surface area (Å²) in [5.74, 6) is -2.00. The van der Waals surface area contributed by atoms with E-state index in [1.54, 1.807) is 12.1 Å². The van der Waals surface area contributed by atoms with Crippen LogP contribution in [0.5, 0.6) is 0 Å². The summed E-state index contributed by atoms with van der Waals surface area (Å²) >= 11 is 0. The van der Waals surface area contributed by atoms with Gasteiger partial charge >= 0.3 is 0 Å². The fourth-order valence-electron chi connectivity index (χ4n) is 3.47. The molecule has 0 aliphatic carbocycles. The van der Waals surface area contributed by atoms with E-state index in [0.29, 0.717) is 16.7 Å². The highest BCUT2D eigenvalue weighted by Crippen LogP contribution is 2.24. The molecule has 0 saturated carbocycles. The van der Waals surface area contributed by atoms with Crippen molar-refractivity contribution in [1.82, 2.24) is 14.9 Å². The number of primary amides is 1. The summed E-state index contributed by atoms with van der Waals surface area (Å²) < 4.78 is 11.7. The maximum atomic E-state index is 13.1. The lowest BCUT2D eigenvalue weighted by Gasteiger charge is -2.32. The van der Waals surface area contributed by atoms with Gasteiger partial charge in [0, 0.05) is 30.2 Å². The Morgan fingerprint density at radius 2 is 2.00 bits per heavy atom. The molecule has 0 spiro atoms. The molecule has 0 radical (unpaired) electrons. The number of morpholine rings is 1. The first-order valence-electron chi connectivity index (χ1n) is 11.5. The van der Waals surface area contributed by atoms with Crippen molar-refractivity contribution >= 4 is 51.7 Å². The number of aromatic nitrogens is 3. The largest absolute Gasteiger partial charge is 0.403 e. The number of anilines is 3. The number of nitrogens with two attached hydrogens (primary N) is 4. The van der Waals surface area contributed by atoms with Gasteiger partial charge in [-0.2, -0.15) is 0 Å². The van der Waals surface area contributed by atoms with Crippen molar-refractivity contribution in [3.8, 4) is 0 Å². The summed E-state index contributed by atoms with van der Waals surface area (Å²) in [6.45, 7) is 4.15. The first-order valence-corrected chi connectivity index (χ1v) is 11.5. The number of nitrogens with zero attached hydrogens (tertiary/aromatic N) is 4. The number of nitrogen functional groups attached to an aromatic ring is 1. The second kappa shape index (κ2) is 11.9. The van der Waals surface area contributed by atoms with Crippen molar-refractivity contribution < 1.29 is 28.8 Å². The van der Waals surface area contributed by atoms with E-state index in [9.17, 15) is 19.5 Å². The number of ether oxygens (including phenoxy) is 1. The maximum absolute atomic E-state index is 13.1. The molecule has 2 unspecified atom stereocenters. The van der Waals surface area contributed by atoms with Crippen LogP contribution in [0.4, 0.5) is 17.3 Å². The van der Waals surface area contributed by atoms with E-state index in [1.807, 2.05) is 13.8 Å². The lowest BCUT2D eigenvalue weighted by atomic mass is 10.1. The number of hydrogen-bond acceptors (Lipinski definition) is 11. The minimum atomic E-state index is -1.82. The van der Waals surface area contributed by atoms with Crippen LogP contribution in [0.3, 0.4) is 0 Å². The molecule has 1 aliphatic rings. The Hall–Kier alpha value is -4.89. The number of aliphatic hydroxyl groups is 1. The van der Waals surface area contributed by atoms with Crippen LogP contribution in [0, 0.1) is 0 Å². The van der Waals surface area contributed by atoms with Gasteiger partial charge in [-0.05, 0) is 18.2 Å². The van der Waals surface area contributed by atoms with Crippen LogP contribution >= 0.6 is 0 Å². The van der Waals surface area contributed by atoms with Gasteiger partial charge in [-0.15, -0.1) is 5.10 Å². The molecular formula is C23H29N9O6. The summed E-state index contributed by atoms with van der Waals surface area (Å²) in [4.78, 5) is 38.2. The average molecular weight is 528 g/mol. The molecule has 202 valence electrons. The summed E-state index contributed by atoms with van der Waals surface area (Å²) in [5.41, 5.74) is 22.6. The third kappa shape index (κ3) is 5.74. The molecule has 3 aromatic rings. The molecule has 15 nitrogen and oxygen atoms in total. The first kappa shape index (κ1) is 27.7. The van der Waals surface area contributed by atoms with Gasteiger partial charge in [0.15, 0.2) is 29.4 Å². The average Bonchev–Trinajstić information content (AvgIpc) is 3.55. The minimum Gasteiger partial charge on any atom is -0.403 e. The maximum Gasteiger partial charge on any atom is 0.264 e. The summed E-state index contributed by atoms with van der Waals surface area (Å²) in [6.07, 6.45) is 0.544. The molecule has 1 fully saturated rings. The van der Waals surface area contributed by atoms with Gasteiger partial charge in [0.25, 0.3) is 17.7 Å². The number of rotatable bonds is 7. The Morgan fingerprint density at radius 3 is 2.68 bits per heavy atom. The van der Waals surface area contributed by atoms with E-state index in [1.165, 1.54) is 34.0 Å². The number of carbonyl (C=O) groups excluding carboxylic acids is 3. The number of allylic oxidation sites excluding steroid dienone is 2. The van der Waals surface area contributed by atoms with Crippen LogP contribution in [0.1, 0.15) is 13.8 Å². The van der Waals surface area contributed by atoms with E-state index in [4.69, 9.17) is 32.2 Å². The van der Waals surface area contributed by atoms with Crippen molar-refractivity contribution in [2.24, 2.45) is 17.2 Å². The van der Waals surface area contributed by atoms with Gasteiger partial charge in [0.2, 0.25) is 0 Å². The standard InChI is InChI=1S/C21H23N9O6.C2H6/c22-9-11(8-13(23)19(25)32)30-4-3-15(27-30)29-5-6-35-17(21(29)34)16(31)20(33)26-10-1-2-12-14(7-10)36-28-18(12)24;1-2/h1-4,7-9,16-17,31H,5-6,22-23H2,(H2,24,28)(H2,25,32)(H,26,33);1-2H3/b11-9+,13-8-;. The van der Waals surface area contributed by atoms with Gasteiger partial charge < -0.3 is 42.6 Å². The number of amides is 3. The lowest BCUT2D eigenvalue weighted by molar-refractivity contribution is -0.150. The van der Waals surface area contributed by atoms with E-state index < -0.39 is 29.9 Å². The third-order valence-electron chi connectivity index (χ3n) is 5.32. The Labute approximate surface area is 216 Å². The zero-order valence-electron chi connectivity index (χ0n) is 20.7. The number of carbonyl (C=O) groups is 3. The molecule has 10 N–H and O–H groups in total. The Morgan fingerprint density at radius 1 is 1.26 bits per heavy atom. The number of aliphatic hydroxyl groups excluding tert-OH is 1. The number of fused-ring (bicyclic) bond motifs is 1. The third-order valence-corrected chi connectivity index (χ3v) is 5.32. The molecule has 0 bridgehead atoms. The molecule has 2 aromatic heterocycles. The van der Waals surface area contributed by atoms with Crippen LogP contribution in [-0.4, -0.2) is 63.1 Å². The zero-order chi connectivity index (χ0) is 28.0. The van der Waals surface area contributed by atoms with Crippen molar-refractivity contribution in [3.05, 3.63) is 48.4 Å². The fraction of sp³-hybridized carbons (Fsp3) is 0.261. The van der Waals surface area contributed by atoms with Crippen LogP contribution in [0.25, 0.3) is 16.7 Å². The van der Waals surface area contributed by atoms with Crippen LogP contribution in [-0.2, 0) is 19.1 Å². The predicted molar refractivity (Wildman–Crippen MR) is 139 cm³/mol. The molecule has 1 aromatic carbocycles. The number of hydrogen-bond donors (Lipinski definition) is 6. The Bertz CT molecular complexity index is 1390. The van der Waals surface area contributed by atoms with E-state index >= 15 is 0 Å². The quantitative estimate of drug-likeness (QED) is 0.168. The Balaban J connectivity index is 0.00000195. The zero-order valence-corrected chi connectivity index (χ0v) is 20.7. The SMILES string of the molecule is CC.N/C=C(\C=C(/N)C(N)=O)n1ccc(N2CCOC(C(O)C(=O)Nc3ccc4c(N)noc4c3)C2=O)n1. The number of benzene rings is 1. The molecule has 1 saturated heterocycles. The number of nitrogens with one attached hydrogen (secondary N) is 1. The molecule has 1 aliphatic heterocycles. The molecule has 15 heteroatoms. The van der Waals surface area contributed by atoms with Crippen molar-refractivity contribution in [1.29, 1.82) is 0 Å². The minimum absolute atomic E-state index is 0.0328. The summed E-state index contributed by atoms with van der Waals surface area (Å²) in [5, 5.41) is 21.5. The smallest absolute Gasteiger partial charge is 0.264 e.